The molecule has 1 aromatic heterocycles. The van der Waals surface area contributed by atoms with Gasteiger partial charge in [0.15, 0.2) is 0 Å². The number of benzene rings is 3. The molecule has 0 radical (unpaired) electrons. The SMILES string of the molecule is C[C@]1(CNC(=O)C[C@H](CCc2ccccc2)c2cn(Cc3ccc(F)cc3)c3ccccc23)CCCO1. The highest BCUT2D eigenvalue weighted by atomic mass is 19.1. The zero-order valence-corrected chi connectivity index (χ0v) is 21.5. The van der Waals surface area contributed by atoms with Crippen LogP contribution in [0.25, 0.3) is 10.9 Å². The van der Waals surface area contributed by atoms with Gasteiger partial charge in [0.05, 0.1) is 5.60 Å². The predicted molar refractivity (Wildman–Crippen MR) is 146 cm³/mol. The normalized spacial score (nSPS) is 18.2. The fourth-order valence-corrected chi connectivity index (χ4v) is 5.43. The van der Waals surface area contributed by atoms with Crippen molar-refractivity contribution in [3.63, 3.8) is 0 Å². The molecule has 2 heterocycles. The molecule has 1 aliphatic rings. The maximum absolute atomic E-state index is 13.5. The van der Waals surface area contributed by atoms with E-state index in [0.29, 0.717) is 19.5 Å². The molecule has 4 aromatic rings. The van der Waals surface area contributed by atoms with Crippen LogP contribution < -0.4 is 5.32 Å². The van der Waals surface area contributed by atoms with E-state index in [1.807, 2.05) is 24.3 Å². The number of carbonyl (C=O) groups excluding carboxylic acids is 1. The number of para-hydroxylation sites is 1. The number of rotatable bonds is 10. The summed E-state index contributed by atoms with van der Waals surface area (Å²) in [4.78, 5) is 13.2. The summed E-state index contributed by atoms with van der Waals surface area (Å²) in [5.74, 6) is -0.104. The highest BCUT2D eigenvalue weighted by Crippen LogP contribution is 2.34. The van der Waals surface area contributed by atoms with E-state index in [0.717, 1.165) is 43.4 Å². The van der Waals surface area contributed by atoms with E-state index < -0.39 is 0 Å². The van der Waals surface area contributed by atoms with E-state index in [-0.39, 0.29) is 23.2 Å². The molecule has 0 unspecified atom stereocenters. The molecule has 1 N–H and O–H groups in total. The average Bonchev–Trinajstić information content (AvgIpc) is 3.52. The van der Waals surface area contributed by atoms with Gasteiger partial charge in [-0.1, -0.05) is 60.7 Å². The first kappa shape index (κ1) is 25.2. The topological polar surface area (TPSA) is 43.3 Å². The second-order valence-electron chi connectivity index (χ2n) is 10.5. The number of amides is 1. The number of nitrogens with one attached hydrogen (secondary N) is 1. The summed E-state index contributed by atoms with van der Waals surface area (Å²) < 4.78 is 21.6. The Morgan fingerprint density at radius 1 is 1.03 bits per heavy atom. The van der Waals surface area contributed by atoms with Crippen molar-refractivity contribution in [2.75, 3.05) is 13.2 Å². The smallest absolute Gasteiger partial charge is 0.220 e. The van der Waals surface area contributed by atoms with Gasteiger partial charge < -0.3 is 14.6 Å². The minimum Gasteiger partial charge on any atom is -0.373 e. The van der Waals surface area contributed by atoms with Gasteiger partial charge in [-0.3, -0.25) is 4.79 Å². The van der Waals surface area contributed by atoms with Crippen LogP contribution in [0.2, 0.25) is 0 Å². The summed E-state index contributed by atoms with van der Waals surface area (Å²) in [6.45, 7) is 4.04. The number of aromatic nitrogens is 1. The van der Waals surface area contributed by atoms with Gasteiger partial charge in [-0.2, -0.15) is 0 Å². The van der Waals surface area contributed by atoms with Crippen LogP contribution in [-0.2, 0) is 22.5 Å². The first-order valence-electron chi connectivity index (χ1n) is 13.3. The van der Waals surface area contributed by atoms with Gasteiger partial charge in [0.1, 0.15) is 5.82 Å². The molecule has 5 rings (SSSR count). The third kappa shape index (κ3) is 6.28. The van der Waals surface area contributed by atoms with E-state index in [1.54, 1.807) is 0 Å². The molecule has 1 saturated heterocycles. The molecule has 1 aliphatic heterocycles. The number of hydrogen-bond acceptors (Lipinski definition) is 2. The van der Waals surface area contributed by atoms with Crippen molar-refractivity contribution in [2.45, 2.75) is 57.1 Å². The molecule has 0 spiro atoms. The zero-order chi connectivity index (χ0) is 25.7. The highest BCUT2D eigenvalue weighted by Gasteiger charge is 2.30. The van der Waals surface area contributed by atoms with Crippen LogP contribution >= 0.6 is 0 Å². The molecule has 0 aliphatic carbocycles. The van der Waals surface area contributed by atoms with E-state index in [2.05, 4.69) is 65.5 Å². The molecular formula is C32H35FN2O2. The van der Waals surface area contributed by atoms with Crippen molar-refractivity contribution in [1.29, 1.82) is 0 Å². The molecular weight excluding hydrogens is 463 g/mol. The molecule has 0 saturated carbocycles. The standard InChI is InChI=1S/C32H35FN2O2/c1-32(18-7-19-37-32)23-34-31(36)20-26(15-12-24-8-3-2-4-9-24)29-22-35(30-11-6-5-10-28(29)30)21-25-13-16-27(33)17-14-25/h2-6,8-11,13-14,16-17,22,26H,7,12,15,18-21,23H2,1H3,(H,34,36)/t26-,32+/m0/s1. The Hall–Kier alpha value is -3.44. The number of nitrogens with zero attached hydrogens (tertiary/aromatic N) is 1. The van der Waals surface area contributed by atoms with E-state index in [9.17, 15) is 9.18 Å². The maximum atomic E-state index is 13.5. The van der Waals surface area contributed by atoms with Gasteiger partial charge >= 0.3 is 0 Å². The summed E-state index contributed by atoms with van der Waals surface area (Å²) in [5, 5.41) is 4.33. The Kier molecular flexibility index (Phi) is 7.71. The van der Waals surface area contributed by atoms with Crippen molar-refractivity contribution >= 4 is 16.8 Å². The minimum absolute atomic E-state index is 0.0603. The fraction of sp³-hybridized carbons (Fsp3) is 0.344. The quantitative estimate of drug-likeness (QED) is 0.267. The Bertz CT molecular complexity index is 1320. The van der Waals surface area contributed by atoms with E-state index in [1.165, 1.54) is 28.6 Å². The lowest BCUT2D eigenvalue weighted by Gasteiger charge is -2.24. The summed E-state index contributed by atoms with van der Waals surface area (Å²) >= 11 is 0. The molecule has 192 valence electrons. The number of halogens is 1. The fourth-order valence-electron chi connectivity index (χ4n) is 5.43. The maximum Gasteiger partial charge on any atom is 0.220 e. The first-order chi connectivity index (χ1) is 18.0. The minimum atomic E-state index is -0.264. The Balaban J connectivity index is 1.40. The predicted octanol–water partition coefficient (Wildman–Crippen LogP) is 6.62. The summed E-state index contributed by atoms with van der Waals surface area (Å²) in [7, 11) is 0. The van der Waals surface area contributed by atoms with Crippen molar-refractivity contribution in [3.8, 4) is 0 Å². The van der Waals surface area contributed by atoms with E-state index >= 15 is 0 Å². The number of ether oxygens (including phenoxy) is 1. The molecule has 1 amide bonds. The number of hydrogen-bond donors (Lipinski definition) is 1. The monoisotopic (exact) mass is 498 g/mol. The molecule has 4 nitrogen and oxygen atoms in total. The van der Waals surface area contributed by atoms with Crippen molar-refractivity contribution < 1.29 is 13.9 Å². The summed E-state index contributed by atoms with van der Waals surface area (Å²) in [5.41, 5.74) is 4.36. The second-order valence-corrected chi connectivity index (χ2v) is 10.5. The Labute approximate surface area is 218 Å². The molecule has 1 fully saturated rings. The third-order valence-electron chi connectivity index (χ3n) is 7.54. The van der Waals surface area contributed by atoms with Crippen LogP contribution in [0.4, 0.5) is 4.39 Å². The van der Waals surface area contributed by atoms with Crippen LogP contribution in [0.3, 0.4) is 0 Å². The number of carbonyl (C=O) groups is 1. The first-order valence-corrected chi connectivity index (χ1v) is 13.3. The Morgan fingerprint density at radius 2 is 1.78 bits per heavy atom. The summed E-state index contributed by atoms with van der Waals surface area (Å²) in [6.07, 6.45) is 6.40. The van der Waals surface area contributed by atoms with Gasteiger partial charge in [0.25, 0.3) is 0 Å². The number of aryl methyl sites for hydroxylation is 1. The lowest BCUT2D eigenvalue weighted by atomic mass is 9.89. The van der Waals surface area contributed by atoms with Gasteiger partial charge in [0.2, 0.25) is 5.91 Å². The van der Waals surface area contributed by atoms with Gasteiger partial charge in [-0.15, -0.1) is 0 Å². The highest BCUT2D eigenvalue weighted by molar-refractivity contribution is 5.86. The van der Waals surface area contributed by atoms with Gasteiger partial charge in [-0.05, 0) is 73.4 Å². The second kappa shape index (κ2) is 11.3. The summed E-state index contributed by atoms with van der Waals surface area (Å²) in [6, 6.07) is 25.5. The van der Waals surface area contributed by atoms with Crippen molar-refractivity contribution in [1.82, 2.24) is 9.88 Å². The van der Waals surface area contributed by atoms with Crippen LogP contribution in [0.1, 0.15) is 55.2 Å². The van der Waals surface area contributed by atoms with E-state index in [4.69, 9.17) is 4.74 Å². The average molecular weight is 499 g/mol. The van der Waals surface area contributed by atoms with Crippen molar-refractivity contribution in [2.24, 2.45) is 0 Å². The molecule has 5 heteroatoms. The van der Waals surface area contributed by atoms with Crippen LogP contribution in [0.15, 0.2) is 85.1 Å². The van der Waals surface area contributed by atoms with Crippen LogP contribution in [0.5, 0.6) is 0 Å². The molecule has 3 aromatic carbocycles. The Morgan fingerprint density at radius 3 is 2.54 bits per heavy atom. The third-order valence-corrected chi connectivity index (χ3v) is 7.54. The lowest BCUT2D eigenvalue weighted by molar-refractivity contribution is -0.122. The van der Waals surface area contributed by atoms with Crippen molar-refractivity contribution in [3.05, 3.63) is 108 Å². The molecule has 0 bridgehead atoms. The number of fused-ring (bicyclic) bond motifs is 1. The van der Waals surface area contributed by atoms with Crippen LogP contribution in [-0.4, -0.2) is 29.2 Å². The zero-order valence-electron chi connectivity index (χ0n) is 21.5. The largest absolute Gasteiger partial charge is 0.373 e. The molecule has 2 atom stereocenters. The molecule has 37 heavy (non-hydrogen) atoms. The lowest BCUT2D eigenvalue weighted by Crippen LogP contribution is -2.40. The van der Waals surface area contributed by atoms with Gasteiger partial charge in [0, 0.05) is 43.2 Å². The van der Waals surface area contributed by atoms with Crippen LogP contribution in [0, 0.1) is 5.82 Å². The van der Waals surface area contributed by atoms with Gasteiger partial charge in [-0.25, -0.2) is 4.39 Å².